The van der Waals surface area contributed by atoms with Crippen LogP contribution < -0.4 is 0 Å². The standard InChI is InChI=1S/C15H23F2NO/c1-3-14(4-2)18(10-11-19)12-15(16,17)13-8-6-5-7-9-13/h5-9,14,19H,3-4,10-12H2,1-2H3. The summed E-state index contributed by atoms with van der Waals surface area (Å²) in [5.41, 5.74) is 0.0314. The minimum absolute atomic E-state index is 0.0314. The Morgan fingerprint density at radius 1 is 1.16 bits per heavy atom. The van der Waals surface area contributed by atoms with E-state index in [1.165, 1.54) is 12.1 Å². The first-order valence-electron chi connectivity index (χ1n) is 6.83. The molecule has 1 aromatic carbocycles. The predicted molar refractivity (Wildman–Crippen MR) is 73.4 cm³/mol. The zero-order valence-corrected chi connectivity index (χ0v) is 11.6. The summed E-state index contributed by atoms with van der Waals surface area (Å²) in [6.07, 6.45) is 1.61. The van der Waals surface area contributed by atoms with Gasteiger partial charge in [0.1, 0.15) is 0 Å². The van der Waals surface area contributed by atoms with E-state index in [9.17, 15) is 8.78 Å². The van der Waals surface area contributed by atoms with Crippen LogP contribution in [-0.2, 0) is 5.92 Å². The lowest BCUT2D eigenvalue weighted by molar-refractivity contribution is -0.0519. The van der Waals surface area contributed by atoms with Crippen LogP contribution >= 0.6 is 0 Å². The quantitative estimate of drug-likeness (QED) is 0.784. The molecule has 0 unspecified atom stereocenters. The van der Waals surface area contributed by atoms with E-state index in [1.54, 1.807) is 23.1 Å². The third kappa shape index (κ3) is 4.55. The summed E-state index contributed by atoms with van der Waals surface area (Å²) in [6, 6.07) is 7.95. The topological polar surface area (TPSA) is 23.5 Å². The van der Waals surface area contributed by atoms with Crippen LogP contribution in [-0.4, -0.2) is 35.7 Å². The van der Waals surface area contributed by atoms with Gasteiger partial charge < -0.3 is 5.11 Å². The van der Waals surface area contributed by atoms with E-state index in [2.05, 4.69) is 0 Å². The van der Waals surface area contributed by atoms with Crippen molar-refractivity contribution in [3.05, 3.63) is 35.9 Å². The van der Waals surface area contributed by atoms with E-state index in [4.69, 9.17) is 5.11 Å². The minimum Gasteiger partial charge on any atom is -0.395 e. The highest BCUT2D eigenvalue weighted by Crippen LogP contribution is 2.30. The Bertz CT molecular complexity index is 352. The van der Waals surface area contributed by atoms with Gasteiger partial charge in [-0.3, -0.25) is 4.90 Å². The zero-order valence-electron chi connectivity index (χ0n) is 11.6. The van der Waals surface area contributed by atoms with E-state index in [0.29, 0.717) is 0 Å². The molecule has 108 valence electrons. The lowest BCUT2D eigenvalue weighted by Crippen LogP contribution is -2.43. The lowest BCUT2D eigenvalue weighted by atomic mass is 10.1. The summed E-state index contributed by atoms with van der Waals surface area (Å²) in [4.78, 5) is 1.69. The number of nitrogens with zero attached hydrogens (tertiary/aromatic N) is 1. The van der Waals surface area contributed by atoms with Gasteiger partial charge in [-0.05, 0) is 12.8 Å². The number of halogens is 2. The monoisotopic (exact) mass is 271 g/mol. The molecule has 0 atom stereocenters. The summed E-state index contributed by atoms with van der Waals surface area (Å²) in [7, 11) is 0. The Labute approximate surface area is 114 Å². The van der Waals surface area contributed by atoms with Crippen LogP contribution in [0.3, 0.4) is 0 Å². The fourth-order valence-corrected chi connectivity index (χ4v) is 2.35. The summed E-state index contributed by atoms with van der Waals surface area (Å²) >= 11 is 0. The van der Waals surface area contributed by atoms with Crippen molar-refractivity contribution in [3.63, 3.8) is 0 Å². The largest absolute Gasteiger partial charge is 0.395 e. The second-order valence-corrected chi connectivity index (χ2v) is 4.73. The fourth-order valence-electron chi connectivity index (χ4n) is 2.35. The lowest BCUT2D eigenvalue weighted by Gasteiger charge is -2.33. The molecule has 1 rings (SSSR count). The molecule has 0 fully saturated rings. The molecule has 1 aromatic rings. The predicted octanol–water partition coefficient (Wildman–Crippen LogP) is 3.26. The first kappa shape index (κ1) is 16.1. The van der Waals surface area contributed by atoms with Crippen molar-refractivity contribution in [3.8, 4) is 0 Å². The van der Waals surface area contributed by atoms with Gasteiger partial charge in [-0.2, -0.15) is 8.78 Å². The Balaban J connectivity index is 2.82. The first-order chi connectivity index (χ1) is 9.05. The van der Waals surface area contributed by atoms with Crippen molar-refractivity contribution in [1.29, 1.82) is 0 Å². The number of alkyl halides is 2. The Morgan fingerprint density at radius 3 is 2.21 bits per heavy atom. The molecule has 0 aromatic heterocycles. The Morgan fingerprint density at radius 2 is 1.74 bits per heavy atom. The highest BCUT2D eigenvalue weighted by molar-refractivity contribution is 5.20. The normalized spacial score (nSPS) is 12.4. The first-order valence-corrected chi connectivity index (χ1v) is 6.83. The van der Waals surface area contributed by atoms with Crippen molar-refractivity contribution in [1.82, 2.24) is 4.90 Å². The molecule has 0 aliphatic carbocycles. The van der Waals surface area contributed by atoms with Gasteiger partial charge in [-0.25, -0.2) is 0 Å². The molecule has 0 aliphatic rings. The van der Waals surface area contributed by atoms with Crippen LogP contribution in [0.15, 0.2) is 30.3 Å². The van der Waals surface area contributed by atoms with E-state index >= 15 is 0 Å². The molecule has 0 radical (unpaired) electrons. The van der Waals surface area contributed by atoms with Crippen LogP contribution in [0, 0.1) is 0 Å². The maximum absolute atomic E-state index is 14.2. The van der Waals surface area contributed by atoms with Crippen LogP contribution in [0.2, 0.25) is 0 Å². The fraction of sp³-hybridized carbons (Fsp3) is 0.600. The van der Waals surface area contributed by atoms with Crippen LogP contribution in [0.25, 0.3) is 0 Å². The maximum Gasteiger partial charge on any atom is 0.285 e. The number of rotatable bonds is 8. The van der Waals surface area contributed by atoms with Crippen molar-refractivity contribution in [2.45, 2.75) is 38.7 Å². The number of aliphatic hydroxyl groups excluding tert-OH is 1. The highest BCUT2D eigenvalue weighted by atomic mass is 19.3. The van der Waals surface area contributed by atoms with E-state index in [0.717, 1.165) is 12.8 Å². The van der Waals surface area contributed by atoms with Gasteiger partial charge in [-0.15, -0.1) is 0 Å². The van der Waals surface area contributed by atoms with E-state index in [-0.39, 0.29) is 31.3 Å². The Kier molecular flexibility index (Phi) is 6.38. The van der Waals surface area contributed by atoms with Crippen LogP contribution in [0.5, 0.6) is 0 Å². The summed E-state index contributed by atoms with van der Waals surface area (Å²) in [5, 5.41) is 9.06. The SMILES string of the molecule is CCC(CC)N(CCO)CC(F)(F)c1ccccc1. The molecule has 19 heavy (non-hydrogen) atoms. The number of hydrogen-bond acceptors (Lipinski definition) is 2. The van der Waals surface area contributed by atoms with Gasteiger partial charge in [-0.1, -0.05) is 44.2 Å². The van der Waals surface area contributed by atoms with Gasteiger partial charge in [0.25, 0.3) is 5.92 Å². The smallest absolute Gasteiger partial charge is 0.285 e. The van der Waals surface area contributed by atoms with E-state index in [1.807, 2.05) is 13.8 Å². The Hall–Kier alpha value is -1.00. The average molecular weight is 271 g/mol. The molecular weight excluding hydrogens is 248 g/mol. The van der Waals surface area contributed by atoms with Gasteiger partial charge in [0.05, 0.1) is 13.2 Å². The summed E-state index contributed by atoms with van der Waals surface area (Å²) in [6.45, 7) is 3.82. The van der Waals surface area contributed by atoms with Crippen molar-refractivity contribution in [2.75, 3.05) is 19.7 Å². The molecule has 0 heterocycles. The second-order valence-electron chi connectivity index (χ2n) is 4.73. The maximum atomic E-state index is 14.2. The van der Waals surface area contributed by atoms with Crippen molar-refractivity contribution in [2.24, 2.45) is 0 Å². The third-order valence-electron chi connectivity index (χ3n) is 3.44. The van der Waals surface area contributed by atoms with Gasteiger partial charge >= 0.3 is 0 Å². The highest BCUT2D eigenvalue weighted by Gasteiger charge is 2.35. The molecule has 0 aliphatic heterocycles. The van der Waals surface area contributed by atoms with Crippen molar-refractivity contribution < 1.29 is 13.9 Å². The summed E-state index contributed by atoms with van der Waals surface area (Å²) in [5.74, 6) is -2.89. The number of benzene rings is 1. The molecule has 0 amide bonds. The molecule has 4 heteroatoms. The van der Waals surface area contributed by atoms with Crippen LogP contribution in [0.4, 0.5) is 8.78 Å². The third-order valence-corrected chi connectivity index (χ3v) is 3.44. The van der Waals surface area contributed by atoms with Gasteiger partial charge in [0.2, 0.25) is 0 Å². The number of hydrogen-bond donors (Lipinski definition) is 1. The minimum atomic E-state index is -2.89. The molecule has 0 saturated carbocycles. The average Bonchev–Trinajstić information content (AvgIpc) is 2.41. The molecule has 1 N–H and O–H groups in total. The van der Waals surface area contributed by atoms with Gasteiger partial charge in [0.15, 0.2) is 0 Å². The summed E-state index contributed by atoms with van der Waals surface area (Å²) < 4.78 is 28.5. The second kappa shape index (κ2) is 7.56. The van der Waals surface area contributed by atoms with Gasteiger partial charge in [0, 0.05) is 18.2 Å². The van der Waals surface area contributed by atoms with Crippen LogP contribution in [0.1, 0.15) is 32.3 Å². The van der Waals surface area contributed by atoms with E-state index < -0.39 is 5.92 Å². The molecule has 0 spiro atoms. The molecule has 0 saturated heterocycles. The number of aliphatic hydroxyl groups is 1. The molecule has 2 nitrogen and oxygen atoms in total. The van der Waals surface area contributed by atoms with Crippen molar-refractivity contribution >= 4 is 0 Å². The zero-order chi connectivity index (χ0) is 14.3. The molecular formula is C15H23F2NO. The molecule has 0 bridgehead atoms.